The molecule has 1 saturated heterocycles. The summed E-state index contributed by atoms with van der Waals surface area (Å²) in [6.45, 7) is 1.96. The first-order valence-electron chi connectivity index (χ1n) is 11.6. The van der Waals surface area contributed by atoms with Crippen molar-refractivity contribution in [3.8, 4) is 16.9 Å². The van der Waals surface area contributed by atoms with Gasteiger partial charge in [-0.3, -0.25) is 0 Å². The van der Waals surface area contributed by atoms with Crippen LogP contribution in [0.25, 0.3) is 21.3 Å². The summed E-state index contributed by atoms with van der Waals surface area (Å²) in [6, 6.07) is 13.5. The number of aromatic nitrogens is 2. The molecule has 2 aromatic carbocycles. The van der Waals surface area contributed by atoms with Crippen molar-refractivity contribution in [2.24, 2.45) is 0 Å². The van der Waals surface area contributed by atoms with Crippen LogP contribution in [0.5, 0.6) is 5.75 Å². The number of fused-ring (bicyclic) bond motifs is 1. The highest BCUT2D eigenvalue weighted by Gasteiger charge is 2.24. The van der Waals surface area contributed by atoms with Crippen molar-refractivity contribution in [1.82, 2.24) is 15.3 Å². The number of nitrogens with one attached hydrogen (secondary N) is 1. The second-order valence-electron chi connectivity index (χ2n) is 8.63. The maximum Gasteiger partial charge on any atom is 0.141 e. The van der Waals surface area contributed by atoms with E-state index in [4.69, 9.17) is 4.74 Å². The third-order valence-corrected chi connectivity index (χ3v) is 7.04. The maximum atomic E-state index is 13.3. The van der Waals surface area contributed by atoms with Crippen molar-refractivity contribution in [2.45, 2.75) is 25.0 Å². The van der Waals surface area contributed by atoms with Crippen molar-refractivity contribution < 1.29 is 18.6 Å². The van der Waals surface area contributed by atoms with E-state index in [0.717, 1.165) is 71.3 Å². The lowest BCUT2D eigenvalue weighted by Crippen LogP contribution is -2.45. The molecule has 35 heavy (non-hydrogen) atoms. The van der Waals surface area contributed by atoms with E-state index in [1.165, 1.54) is 0 Å². The minimum atomic E-state index is -0.792. The number of halogens is 2. The summed E-state index contributed by atoms with van der Waals surface area (Å²) in [4.78, 5) is 12.4. The van der Waals surface area contributed by atoms with E-state index in [9.17, 15) is 13.9 Å². The summed E-state index contributed by atoms with van der Waals surface area (Å²) in [5, 5.41) is 16.9. The van der Waals surface area contributed by atoms with Crippen LogP contribution in [-0.4, -0.2) is 53.5 Å². The Hall–Kier alpha value is -3.14. The fourth-order valence-electron chi connectivity index (χ4n) is 4.39. The molecular formula is C26H26F2N4O2S. The van der Waals surface area contributed by atoms with E-state index in [2.05, 4.69) is 37.7 Å². The molecule has 1 aliphatic rings. The van der Waals surface area contributed by atoms with Crippen LogP contribution in [0.1, 0.15) is 12.8 Å². The number of rotatable bonds is 8. The van der Waals surface area contributed by atoms with E-state index in [1.54, 1.807) is 17.7 Å². The molecule has 2 aromatic heterocycles. The average Bonchev–Trinajstić information content (AvgIpc) is 3.31. The number of benzene rings is 2. The topological polar surface area (TPSA) is 70.5 Å². The molecule has 0 bridgehead atoms. The Kier molecular flexibility index (Phi) is 7.17. The molecule has 2 N–H and O–H groups in total. The minimum absolute atomic E-state index is 0.0475. The maximum absolute atomic E-state index is 13.3. The molecular weight excluding hydrogens is 470 g/mol. The van der Waals surface area contributed by atoms with E-state index >= 15 is 0 Å². The van der Waals surface area contributed by atoms with Gasteiger partial charge in [0.1, 0.15) is 47.1 Å². The number of ether oxygens (including phenoxy) is 1. The minimum Gasteiger partial charge on any atom is -0.491 e. The Morgan fingerprint density at radius 1 is 1.09 bits per heavy atom. The van der Waals surface area contributed by atoms with E-state index in [1.807, 2.05) is 18.2 Å². The molecule has 5 rings (SSSR count). The van der Waals surface area contributed by atoms with Gasteiger partial charge in [0.15, 0.2) is 0 Å². The van der Waals surface area contributed by atoms with E-state index < -0.39 is 17.7 Å². The fourth-order valence-corrected chi connectivity index (χ4v) is 5.30. The van der Waals surface area contributed by atoms with Crippen LogP contribution in [0.3, 0.4) is 0 Å². The predicted octanol–water partition coefficient (Wildman–Crippen LogP) is 4.63. The average molecular weight is 497 g/mol. The van der Waals surface area contributed by atoms with Crippen molar-refractivity contribution in [3.63, 3.8) is 0 Å². The largest absolute Gasteiger partial charge is 0.491 e. The normalized spacial score (nSPS) is 15.5. The zero-order chi connectivity index (χ0) is 24.2. The summed E-state index contributed by atoms with van der Waals surface area (Å²) >= 11 is 1.63. The molecule has 4 aromatic rings. The van der Waals surface area contributed by atoms with Crippen LogP contribution in [0.4, 0.5) is 14.6 Å². The van der Waals surface area contributed by atoms with Gasteiger partial charge in [0.2, 0.25) is 0 Å². The van der Waals surface area contributed by atoms with Gasteiger partial charge in [-0.25, -0.2) is 18.7 Å². The standard InChI is InChI=1S/C26H26F2N4O2S/c27-18-10-19(28)12-22(11-18)34-14-21(33)13-29-20-6-8-32(9-7-20)25-24-23(17-4-2-1-3-5-17)15-35-26(24)31-16-30-25/h1-5,10-12,15-16,20-21,29,33H,6-9,13-14H2. The molecule has 0 radical (unpaired) electrons. The van der Waals surface area contributed by atoms with Gasteiger partial charge in [0.05, 0.1) is 5.39 Å². The van der Waals surface area contributed by atoms with Crippen LogP contribution in [0.2, 0.25) is 0 Å². The molecule has 1 aliphatic heterocycles. The monoisotopic (exact) mass is 496 g/mol. The number of nitrogens with zero attached hydrogens (tertiary/aromatic N) is 3. The second kappa shape index (κ2) is 10.6. The van der Waals surface area contributed by atoms with Crippen molar-refractivity contribution >= 4 is 27.4 Å². The van der Waals surface area contributed by atoms with Crippen molar-refractivity contribution in [3.05, 3.63) is 71.9 Å². The molecule has 9 heteroatoms. The predicted molar refractivity (Wildman–Crippen MR) is 134 cm³/mol. The van der Waals surface area contributed by atoms with Gasteiger partial charge in [-0.1, -0.05) is 30.3 Å². The summed E-state index contributed by atoms with van der Waals surface area (Å²) in [5.41, 5.74) is 2.31. The zero-order valence-electron chi connectivity index (χ0n) is 19.0. The van der Waals surface area contributed by atoms with Gasteiger partial charge in [-0.05, 0) is 18.4 Å². The fraction of sp³-hybridized carbons (Fsp3) is 0.308. The molecule has 1 fully saturated rings. The van der Waals surface area contributed by atoms with Gasteiger partial charge in [-0.15, -0.1) is 11.3 Å². The number of thiophene rings is 1. The molecule has 0 saturated carbocycles. The Bertz CT molecular complexity index is 1260. The highest BCUT2D eigenvalue weighted by molar-refractivity contribution is 7.17. The number of piperidine rings is 1. The first-order valence-corrected chi connectivity index (χ1v) is 12.5. The number of hydrogen-bond acceptors (Lipinski definition) is 7. The number of anilines is 1. The van der Waals surface area contributed by atoms with E-state index in [0.29, 0.717) is 6.54 Å². The van der Waals surface area contributed by atoms with E-state index in [-0.39, 0.29) is 18.4 Å². The molecule has 0 amide bonds. The molecule has 1 atom stereocenters. The first kappa shape index (κ1) is 23.6. The lowest BCUT2D eigenvalue weighted by Gasteiger charge is -2.34. The van der Waals surface area contributed by atoms with Gasteiger partial charge < -0.3 is 20.1 Å². The third kappa shape index (κ3) is 5.58. The Labute approximate surface area is 206 Å². The van der Waals surface area contributed by atoms with Crippen molar-refractivity contribution in [1.29, 1.82) is 0 Å². The first-order chi connectivity index (χ1) is 17.1. The van der Waals surface area contributed by atoms with Gasteiger partial charge in [-0.2, -0.15) is 0 Å². The lowest BCUT2D eigenvalue weighted by atomic mass is 10.0. The molecule has 0 aliphatic carbocycles. The Morgan fingerprint density at radius 3 is 2.57 bits per heavy atom. The third-order valence-electron chi connectivity index (χ3n) is 6.15. The summed E-state index contributed by atoms with van der Waals surface area (Å²) in [5.74, 6) is -0.393. The number of hydrogen-bond donors (Lipinski definition) is 2. The van der Waals surface area contributed by atoms with Crippen LogP contribution in [0, 0.1) is 11.6 Å². The molecule has 6 nitrogen and oxygen atoms in total. The van der Waals surface area contributed by atoms with Crippen LogP contribution < -0.4 is 15.0 Å². The molecule has 3 heterocycles. The molecule has 0 spiro atoms. The van der Waals surface area contributed by atoms with Crippen LogP contribution in [0.15, 0.2) is 60.2 Å². The highest BCUT2D eigenvalue weighted by Crippen LogP contribution is 2.38. The quantitative estimate of drug-likeness (QED) is 0.371. The number of aliphatic hydroxyl groups is 1. The smallest absolute Gasteiger partial charge is 0.141 e. The van der Waals surface area contributed by atoms with Crippen molar-refractivity contribution in [2.75, 3.05) is 31.1 Å². The van der Waals surface area contributed by atoms with Gasteiger partial charge >= 0.3 is 0 Å². The number of aliphatic hydroxyl groups excluding tert-OH is 1. The second-order valence-corrected chi connectivity index (χ2v) is 9.49. The summed E-state index contributed by atoms with van der Waals surface area (Å²) in [6.07, 6.45) is 2.65. The SMILES string of the molecule is OC(CNC1CCN(c2ncnc3scc(-c4ccccc4)c23)CC1)COc1cc(F)cc(F)c1. The highest BCUT2D eigenvalue weighted by atomic mass is 32.1. The zero-order valence-corrected chi connectivity index (χ0v) is 19.8. The lowest BCUT2D eigenvalue weighted by molar-refractivity contribution is 0.102. The Morgan fingerprint density at radius 2 is 1.83 bits per heavy atom. The molecule has 182 valence electrons. The van der Waals surface area contributed by atoms with Gasteiger partial charge in [0, 0.05) is 54.8 Å². The van der Waals surface area contributed by atoms with Gasteiger partial charge in [0.25, 0.3) is 0 Å². The summed E-state index contributed by atoms with van der Waals surface area (Å²) < 4.78 is 31.9. The Balaban J connectivity index is 1.16. The molecule has 1 unspecified atom stereocenters. The van der Waals surface area contributed by atoms with Crippen LogP contribution >= 0.6 is 11.3 Å². The summed E-state index contributed by atoms with van der Waals surface area (Å²) in [7, 11) is 0. The van der Waals surface area contributed by atoms with Crippen LogP contribution in [-0.2, 0) is 0 Å².